The maximum Gasteiger partial charge on any atom is 0.122 e. The van der Waals surface area contributed by atoms with Crippen LogP contribution in [0.2, 0.25) is 0 Å². The zero-order valence-corrected chi connectivity index (χ0v) is 12.8. The minimum absolute atomic E-state index is 0.134. The lowest BCUT2D eigenvalue weighted by molar-refractivity contribution is 0.405. The first-order valence-electron chi connectivity index (χ1n) is 6.67. The number of hydrogen-bond donors (Lipinski definition) is 1. The van der Waals surface area contributed by atoms with Gasteiger partial charge in [-0.2, -0.15) is 0 Å². The predicted octanol–water partition coefficient (Wildman–Crippen LogP) is 3.62. The first-order chi connectivity index (χ1) is 8.33. The van der Waals surface area contributed by atoms with Crippen LogP contribution < -0.4 is 10.1 Å². The summed E-state index contributed by atoms with van der Waals surface area (Å²) in [6.45, 7) is 12.1. The van der Waals surface area contributed by atoms with Crippen molar-refractivity contribution in [3.63, 3.8) is 0 Å². The number of likely N-dealkylation sites (N-methyl/N-ethyl adjacent to an activating group) is 1. The van der Waals surface area contributed by atoms with Crippen molar-refractivity contribution in [3.8, 4) is 5.75 Å². The molecule has 0 amide bonds. The molecule has 18 heavy (non-hydrogen) atoms. The molecule has 0 aliphatic carbocycles. The largest absolute Gasteiger partial charge is 0.496 e. The van der Waals surface area contributed by atoms with E-state index in [2.05, 4.69) is 52.1 Å². The van der Waals surface area contributed by atoms with E-state index in [0.29, 0.717) is 5.92 Å². The quantitative estimate of drug-likeness (QED) is 0.860. The van der Waals surface area contributed by atoms with E-state index >= 15 is 0 Å². The highest BCUT2D eigenvalue weighted by Crippen LogP contribution is 2.34. The molecule has 2 nitrogen and oxygen atoms in total. The fraction of sp³-hybridized carbons (Fsp3) is 0.625. The van der Waals surface area contributed by atoms with Gasteiger partial charge < -0.3 is 10.1 Å². The van der Waals surface area contributed by atoms with Gasteiger partial charge in [0.25, 0.3) is 0 Å². The lowest BCUT2D eigenvalue weighted by Crippen LogP contribution is -2.31. The monoisotopic (exact) mass is 249 g/mol. The van der Waals surface area contributed by atoms with Crippen LogP contribution >= 0.6 is 0 Å². The maximum atomic E-state index is 5.50. The second-order valence-corrected chi connectivity index (χ2v) is 5.98. The zero-order chi connectivity index (χ0) is 13.9. The van der Waals surface area contributed by atoms with E-state index in [0.717, 1.165) is 12.3 Å². The van der Waals surface area contributed by atoms with E-state index in [4.69, 9.17) is 4.74 Å². The summed E-state index contributed by atoms with van der Waals surface area (Å²) in [5.41, 5.74) is 4.13. The van der Waals surface area contributed by atoms with Crippen LogP contribution in [0.15, 0.2) is 12.1 Å². The number of rotatable bonds is 5. The van der Waals surface area contributed by atoms with Crippen molar-refractivity contribution in [2.75, 3.05) is 20.7 Å². The van der Waals surface area contributed by atoms with Gasteiger partial charge in [-0.3, -0.25) is 0 Å². The van der Waals surface area contributed by atoms with Gasteiger partial charge in [0.05, 0.1) is 7.11 Å². The van der Waals surface area contributed by atoms with Crippen molar-refractivity contribution >= 4 is 0 Å². The smallest absolute Gasteiger partial charge is 0.122 e. The standard InChI is InChI=1S/C16H27NO/c1-11(2)13-9-14(16(4,5)10-17-6)12(3)8-15(13)18-7/h8-9,11,17H,10H2,1-7H3. The Morgan fingerprint density at radius 1 is 1.28 bits per heavy atom. The van der Waals surface area contributed by atoms with Crippen molar-refractivity contribution in [2.45, 2.75) is 46.0 Å². The van der Waals surface area contributed by atoms with Crippen molar-refractivity contribution in [2.24, 2.45) is 0 Å². The van der Waals surface area contributed by atoms with E-state index < -0.39 is 0 Å². The normalized spacial score (nSPS) is 12.0. The van der Waals surface area contributed by atoms with Gasteiger partial charge in [0.2, 0.25) is 0 Å². The van der Waals surface area contributed by atoms with Gasteiger partial charge >= 0.3 is 0 Å². The highest BCUT2D eigenvalue weighted by atomic mass is 16.5. The molecule has 0 saturated heterocycles. The zero-order valence-electron chi connectivity index (χ0n) is 12.8. The van der Waals surface area contributed by atoms with Crippen molar-refractivity contribution in [1.82, 2.24) is 5.32 Å². The van der Waals surface area contributed by atoms with Crippen LogP contribution in [0.4, 0.5) is 0 Å². The molecule has 0 heterocycles. The second kappa shape index (κ2) is 5.75. The Hall–Kier alpha value is -1.02. The molecular weight excluding hydrogens is 222 g/mol. The molecular formula is C16H27NO. The molecule has 0 fully saturated rings. The molecule has 0 radical (unpaired) electrons. The Kier molecular flexibility index (Phi) is 4.80. The second-order valence-electron chi connectivity index (χ2n) is 5.98. The molecule has 0 aliphatic rings. The Morgan fingerprint density at radius 2 is 1.89 bits per heavy atom. The third kappa shape index (κ3) is 3.05. The fourth-order valence-electron chi connectivity index (χ4n) is 2.59. The number of aryl methyl sites for hydroxylation is 1. The highest BCUT2D eigenvalue weighted by molar-refractivity contribution is 5.46. The van der Waals surface area contributed by atoms with Gasteiger partial charge in [-0.05, 0) is 42.6 Å². The molecule has 102 valence electrons. The summed E-state index contributed by atoms with van der Waals surface area (Å²) in [5, 5.41) is 3.28. The number of ether oxygens (including phenoxy) is 1. The molecule has 0 bridgehead atoms. The molecule has 0 saturated carbocycles. The van der Waals surface area contributed by atoms with Crippen LogP contribution in [-0.4, -0.2) is 20.7 Å². The molecule has 1 rings (SSSR count). The number of methoxy groups -OCH3 is 1. The minimum Gasteiger partial charge on any atom is -0.496 e. The molecule has 1 aromatic carbocycles. The Bertz CT molecular complexity index is 408. The Labute approximate surface area is 112 Å². The lowest BCUT2D eigenvalue weighted by Gasteiger charge is -2.28. The van der Waals surface area contributed by atoms with Crippen molar-refractivity contribution in [3.05, 3.63) is 28.8 Å². The van der Waals surface area contributed by atoms with Crippen molar-refractivity contribution < 1.29 is 4.74 Å². The summed E-state index contributed by atoms with van der Waals surface area (Å²) in [4.78, 5) is 0. The lowest BCUT2D eigenvalue weighted by atomic mass is 9.80. The molecule has 0 atom stereocenters. The van der Waals surface area contributed by atoms with Gasteiger partial charge in [-0.1, -0.05) is 33.8 Å². The fourth-order valence-corrected chi connectivity index (χ4v) is 2.59. The SMILES string of the molecule is CNCC(C)(C)c1cc(C(C)C)c(OC)cc1C. The number of nitrogens with one attached hydrogen (secondary N) is 1. The molecule has 0 aliphatic heterocycles. The van der Waals surface area contributed by atoms with E-state index in [1.165, 1.54) is 16.7 Å². The summed E-state index contributed by atoms with van der Waals surface area (Å²) in [6, 6.07) is 4.48. The molecule has 1 aromatic rings. The number of benzene rings is 1. The topological polar surface area (TPSA) is 21.3 Å². The van der Waals surface area contributed by atoms with Crippen LogP contribution in [0.1, 0.15) is 50.3 Å². The van der Waals surface area contributed by atoms with Crippen LogP contribution in [-0.2, 0) is 5.41 Å². The van der Waals surface area contributed by atoms with E-state index in [1.807, 2.05) is 7.05 Å². The van der Waals surface area contributed by atoms with Gasteiger partial charge in [0.15, 0.2) is 0 Å². The third-order valence-corrected chi connectivity index (χ3v) is 3.55. The van der Waals surface area contributed by atoms with E-state index in [-0.39, 0.29) is 5.41 Å². The molecule has 0 aromatic heterocycles. The molecule has 1 N–H and O–H groups in total. The first kappa shape index (κ1) is 15.0. The summed E-state index contributed by atoms with van der Waals surface area (Å²) in [5.74, 6) is 1.48. The average Bonchev–Trinajstić information content (AvgIpc) is 2.27. The third-order valence-electron chi connectivity index (χ3n) is 3.55. The molecule has 0 spiro atoms. The van der Waals surface area contributed by atoms with Crippen LogP contribution in [0.5, 0.6) is 5.75 Å². The Morgan fingerprint density at radius 3 is 2.33 bits per heavy atom. The Balaban J connectivity index is 3.33. The van der Waals surface area contributed by atoms with E-state index in [9.17, 15) is 0 Å². The summed E-state index contributed by atoms with van der Waals surface area (Å²) < 4.78 is 5.50. The summed E-state index contributed by atoms with van der Waals surface area (Å²) in [6.07, 6.45) is 0. The highest BCUT2D eigenvalue weighted by Gasteiger charge is 2.24. The van der Waals surface area contributed by atoms with Gasteiger partial charge in [-0.25, -0.2) is 0 Å². The van der Waals surface area contributed by atoms with E-state index in [1.54, 1.807) is 7.11 Å². The first-order valence-corrected chi connectivity index (χ1v) is 6.67. The average molecular weight is 249 g/mol. The van der Waals surface area contributed by atoms with Gasteiger partial charge in [0, 0.05) is 12.0 Å². The van der Waals surface area contributed by atoms with Gasteiger partial charge in [0.1, 0.15) is 5.75 Å². The molecule has 0 unspecified atom stereocenters. The summed E-state index contributed by atoms with van der Waals surface area (Å²) >= 11 is 0. The van der Waals surface area contributed by atoms with Crippen molar-refractivity contribution in [1.29, 1.82) is 0 Å². The number of hydrogen-bond acceptors (Lipinski definition) is 2. The van der Waals surface area contributed by atoms with Crippen LogP contribution in [0.3, 0.4) is 0 Å². The maximum absolute atomic E-state index is 5.50. The minimum atomic E-state index is 0.134. The molecule has 2 heteroatoms. The predicted molar refractivity (Wildman–Crippen MR) is 78.8 cm³/mol. The van der Waals surface area contributed by atoms with Gasteiger partial charge in [-0.15, -0.1) is 0 Å². The van der Waals surface area contributed by atoms with Crippen LogP contribution in [0.25, 0.3) is 0 Å². The van der Waals surface area contributed by atoms with Crippen LogP contribution in [0, 0.1) is 6.92 Å². The summed E-state index contributed by atoms with van der Waals surface area (Å²) in [7, 11) is 3.75.